The summed E-state index contributed by atoms with van der Waals surface area (Å²) in [5.74, 6) is 0.282. The van der Waals surface area contributed by atoms with Crippen molar-refractivity contribution in [3.8, 4) is 17.1 Å². The third-order valence-electron chi connectivity index (χ3n) is 3.63. The van der Waals surface area contributed by atoms with Gasteiger partial charge in [0.15, 0.2) is 6.61 Å². The second-order valence-corrected chi connectivity index (χ2v) is 5.21. The number of benzene rings is 2. The van der Waals surface area contributed by atoms with Crippen molar-refractivity contribution in [3.05, 3.63) is 72.1 Å². The molecule has 0 saturated carbocycles. The monoisotopic (exact) mass is 336 g/mol. The smallest absolute Gasteiger partial charge is 0.338 e. The Morgan fingerprint density at radius 2 is 1.84 bits per heavy atom. The van der Waals surface area contributed by atoms with Gasteiger partial charge in [0.2, 0.25) is 5.78 Å². The van der Waals surface area contributed by atoms with Crippen molar-refractivity contribution in [1.82, 2.24) is 9.97 Å². The van der Waals surface area contributed by atoms with E-state index < -0.39 is 5.97 Å². The number of hydrogen-bond donors (Lipinski definition) is 1. The van der Waals surface area contributed by atoms with E-state index in [0.717, 1.165) is 5.56 Å². The van der Waals surface area contributed by atoms with Crippen LogP contribution in [0, 0.1) is 0 Å². The molecule has 1 heterocycles. The summed E-state index contributed by atoms with van der Waals surface area (Å²) in [6.45, 7) is -0.348. The molecule has 126 valence electrons. The van der Waals surface area contributed by atoms with Crippen LogP contribution in [0.15, 0.2) is 60.9 Å². The van der Waals surface area contributed by atoms with Gasteiger partial charge in [0, 0.05) is 18.0 Å². The average Bonchev–Trinajstić information content (AvgIpc) is 3.20. The van der Waals surface area contributed by atoms with E-state index in [4.69, 9.17) is 9.47 Å². The molecular formula is C19H16N2O4. The number of methoxy groups -OCH3 is 1. The molecule has 25 heavy (non-hydrogen) atoms. The molecule has 6 heteroatoms. The largest absolute Gasteiger partial charge is 0.496 e. The number of nitrogens with one attached hydrogen (secondary N) is 1. The number of carbonyl (C=O) groups excluding carboxylic acids is 2. The molecule has 6 nitrogen and oxygen atoms in total. The minimum absolute atomic E-state index is 0.321. The van der Waals surface area contributed by atoms with E-state index in [1.54, 1.807) is 60.9 Å². The normalized spacial score (nSPS) is 10.3. The summed E-state index contributed by atoms with van der Waals surface area (Å²) in [6, 6.07) is 13.6. The first kappa shape index (κ1) is 16.4. The quantitative estimate of drug-likeness (QED) is 0.552. The first-order valence-electron chi connectivity index (χ1n) is 7.62. The third-order valence-corrected chi connectivity index (χ3v) is 3.63. The molecule has 0 spiro atoms. The minimum atomic E-state index is -0.561. The number of rotatable bonds is 6. The number of nitrogens with zero attached hydrogens (tertiary/aromatic N) is 1. The second kappa shape index (κ2) is 7.44. The SMILES string of the molecule is COc1ccccc1C(=O)COC(=O)c1ccc(-c2ncc[nH]2)cc1. The van der Waals surface area contributed by atoms with Crippen LogP contribution in [0.1, 0.15) is 20.7 Å². The summed E-state index contributed by atoms with van der Waals surface area (Å²) in [7, 11) is 1.48. The fraction of sp³-hybridized carbons (Fsp3) is 0.105. The maximum Gasteiger partial charge on any atom is 0.338 e. The van der Waals surface area contributed by atoms with Crippen molar-refractivity contribution in [1.29, 1.82) is 0 Å². The van der Waals surface area contributed by atoms with E-state index in [1.165, 1.54) is 7.11 Å². The van der Waals surface area contributed by atoms with Crippen molar-refractivity contribution in [2.45, 2.75) is 0 Å². The van der Waals surface area contributed by atoms with Gasteiger partial charge in [-0.2, -0.15) is 0 Å². The summed E-state index contributed by atoms with van der Waals surface area (Å²) < 4.78 is 10.2. The number of Topliss-reactive ketones (excluding diaryl/α,β-unsaturated/α-hetero) is 1. The molecule has 2 aromatic carbocycles. The Bertz CT molecular complexity index is 871. The van der Waals surface area contributed by atoms with E-state index in [1.807, 2.05) is 0 Å². The number of esters is 1. The van der Waals surface area contributed by atoms with E-state index in [9.17, 15) is 9.59 Å². The molecular weight excluding hydrogens is 320 g/mol. The Morgan fingerprint density at radius 3 is 2.52 bits per heavy atom. The average molecular weight is 336 g/mol. The highest BCUT2D eigenvalue weighted by atomic mass is 16.5. The van der Waals surface area contributed by atoms with Gasteiger partial charge in [-0.15, -0.1) is 0 Å². The molecule has 1 N–H and O–H groups in total. The maximum atomic E-state index is 12.2. The van der Waals surface area contributed by atoms with Gasteiger partial charge in [0.05, 0.1) is 18.2 Å². The molecule has 0 saturated heterocycles. The van der Waals surface area contributed by atoms with Crippen molar-refractivity contribution in [2.24, 2.45) is 0 Å². The van der Waals surface area contributed by atoms with E-state index >= 15 is 0 Å². The van der Waals surface area contributed by atoms with Gasteiger partial charge in [-0.05, 0) is 24.3 Å². The van der Waals surface area contributed by atoms with Gasteiger partial charge in [-0.3, -0.25) is 4.79 Å². The van der Waals surface area contributed by atoms with Crippen LogP contribution in [0.25, 0.3) is 11.4 Å². The minimum Gasteiger partial charge on any atom is -0.496 e. The molecule has 1 aromatic heterocycles. The predicted octanol–water partition coefficient (Wildman–Crippen LogP) is 3.13. The van der Waals surface area contributed by atoms with Crippen LogP contribution in [-0.2, 0) is 4.74 Å². The second-order valence-electron chi connectivity index (χ2n) is 5.21. The summed E-state index contributed by atoms with van der Waals surface area (Å²) in [5.41, 5.74) is 1.60. The number of ketones is 1. The predicted molar refractivity (Wildman–Crippen MR) is 91.6 cm³/mol. The molecule has 0 amide bonds. The van der Waals surface area contributed by atoms with Crippen LogP contribution in [0.5, 0.6) is 5.75 Å². The van der Waals surface area contributed by atoms with E-state index in [2.05, 4.69) is 9.97 Å². The van der Waals surface area contributed by atoms with Gasteiger partial charge in [-0.1, -0.05) is 24.3 Å². The number of imidazole rings is 1. The Kier molecular flexibility index (Phi) is 4.89. The number of hydrogen-bond acceptors (Lipinski definition) is 5. The van der Waals surface area contributed by atoms with Gasteiger partial charge in [0.1, 0.15) is 11.6 Å². The maximum absolute atomic E-state index is 12.2. The topological polar surface area (TPSA) is 81.3 Å². The van der Waals surface area contributed by atoms with Gasteiger partial charge >= 0.3 is 5.97 Å². The Hall–Kier alpha value is -3.41. The zero-order chi connectivity index (χ0) is 17.6. The molecule has 0 unspecified atom stereocenters. The highest BCUT2D eigenvalue weighted by molar-refractivity contribution is 6.01. The summed E-state index contributed by atoms with van der Waals surface area (Å²) >= 11 is 0. The summed E-state index contributed by atoms with van der Waals surface area (Å²) in [5, 5.41) is 0. The standard InChI is InChI=1S/C19H16N2O4/c1-24-17-5-3-2-4-15(17)16(22)12-25-19(23)14-8-6-13(7-9-14)18-20-10-11-21-18/h2-11H,12H2,1H3,(H,20,21). The van der Waals surface area contributed by atoms with Crippen LogP contribution < -0.4 is 4.74 Å². The highest BCUT2D eigenvalue weighted by Crippen LogP contribution is 2.18. The number of aromatic amines is 1. The van der Waals surface area contributed by atoms with Crippen LogP contribution in [0.3, 0.4) is 0 Å². The molecule has 0 fully saturated rings. The molecule has 3 aromatic rings. The van der Waals surface area contributed by atoms with Gasteiger partial charge in [0.25, 0.3) is 0 Å². The number of ether oxygens (including phenoxy) is 2. The first-order chi connectivity index (χ1) is 12.2. The number of para-hydroxylation sites is 1. The van der Waals surface area contributed by atoms with E-state index in [0.29, 0.717) is 22.7 Å². The van der Waals surface area contributed by atoms with Gasteiger partial charge in [-0.25, -0.2) is 9.78 Å². The lowest BCUT2D eigenvalue weighted by Gasteiger charge is -2.08. The number of carbonyl (C=O) groups is 2. The molecule has 0 bridgehead atoms. The Labute approximate surface area is 144 Å². The van der Waals surface area contributed by atoms with Crippen LogP contribution in [-0.4, -0.2) is 35.4 Å². The number of aromatic nitrogens is 2. The highest BCUT2D eigenvalue weighted by Gasteiger charge is 2.15. The van der Waals surface area contributed by atoms with Crippen molar-refractivity contribution >= 4 is 11.8 Å². The lowest BCUT2D eigenvalue weighted by Crippen LogP contribution is -2.15. The molecule has 3 rings (SSSR count). The Balaban J connectivity index is 1.63. The first-order valence-corrected chi connectivity index (χ1v) is 7.62. The fourth-order valence-electron chi connectivity index (χ4n) is 2.35. The summed E-state index contributed by atoms with van der Waals surface area (Å²) in [4.78, 5) is 31.4. The Morgan fingerprint density at radius 1 is 1.08 bits per heavy atom. The van der Waals surface area contributed by atoms with Crippen molar-refractivity contribution in [2.75, 3.05) is 13.7 Å². The fourth-order valence-corrected chi connectivity index (χ4v) is 2.35. The van der Waals surface area contributed by atoms with E-state index in [-0.39, 0.29) is 12.4 Å². The lowest BCUT2D eigenvalue weighted by molar-refractivity contribution is 0.0474. The lowest BCUT2D eigenvalue weighted by atomic mass is 10.1. The zero-order valence-electron chi connectivity index (χ0n) is 13.6. The van der Waals surface area contributed by atoms with Crippen molar-refractivity contribution < 1.29 is 19.1 Å². The molecule has 0 aliphatic heterocycles. The van der Waals surface area contributed by atoms with Crippen LogP contribution in [0.2, 0.25) is 0 Å². The molecule has 0 atom stereocenters. The van der Waals surface area contributed by atoms with Gasteiger partial charge < -0.3 is 14.5 Å². The van der Waals surface area contributed by atoms with Crippen LogP contribution >= 0.6 is 0 Å². The van der Waals surface area contributed by atoms with Crippen molar-refractivity contribution in [3.63, 3.8) is 0 Å². The molecule has 0 aliphatic rings. The number of H-pyrrole nitrogens is 1. The van der Waals surface area contributed by atoms with Crippen LogP contribution in [0.4, 0.5) is 0 Å². The molecule has 0 radical (unpaired) electrons. The zero-order valence-corrected chi connectivity index (χ0v) is 13.6. The summed E-state index contributed by atoms with van der Waals surface area (Å²) in [6.07, 6.45) is 3.38. The third kappa shape index (κ3) is 3.74. The molecule has 0 aliphatic carbocycles.